The normalized spacial score (nSPS) is 12.0. The molecule has 0 aliphatic carbocycles. The van der Waals surface area contributed by atoms with Crippen LogP contribution in [-0.4, -0.2) is 36.0 Å². The lowest BCUT2D eigenvalue weighted by Gasteiger charge is -2.24. The summed E-state index contributed by atoms with van der Waals surface area (Å²) < 4.78 is 64.5. The number of carboxylic acid groups (broad SMARTS) is 1. The van der Waals surface area contributed by atoms with E-state index in [-0.39, 0.29) is 10.6 Å². The van der Waals surface area contributed by atoms with Gasteiger partial charge in [-0.2, -0.15) is 13.2 Å². The summed E-state index contributed by atoms with van der Waals surface area (Å²) in [6, 6.07) is 3.02. The van der Waals surface area contributed by atoms with E-state index in [0.29, 0.717) is 16.6 Å². The minimum Gasteiger partial charge on any atom is -0.480 e. The highest BCUT2D eigenvalue weighted by molar-refractivity contribution is 7.92. The van der Waals surface area contributed by atoms with Gasteiger partial charge in [-0.1, -0.05) is 0 Å². The van der Waals surface area contributed by atoms with Crippen molar-refractivity contribution in [2.75, 3.05) is 10.8 Å². The number of halogens is 3. The number of aryl methyl sites for hydroxylation is 1. The first kappa shape index (κ1) is 18.6. The number of hydrogen-bond donors (Lipinski definition) is 1. The monoisotopic (exact) mass is 375 g/mol. The van der Waals surface area contributed by atoms with Crippen LogP contribution in [0.25, 0.3) is 0 Å². The van der Waals surface area contributed by atoms with Gasteiger partial charge in [0, 0.05) is 18.6 Å². The molecule has 0 aliphatic rings. The summed E-state index contributed by atoms with van der Waals surface area (Å²) >= 11 is 0. The zero-order valence-electron chi connectivity index (χ0n) is 12.7. The van der Waals surface area contributed by atoms with E-state index < -0.39 is 40.0 Å². The number of anilines is 1. The number of carboxylic acids is 1. The van der Waals surface area contributed by atoms with Gasteiger partial charge < -0.3 is 5.11 Å². The van der Waals surface area contributed by atoms with Gasteiger partial charge in [0.25, 0.3) is 10.0 Å². The number of nitrogens with zero attached hydrogens (tertiary/aromatic N) is 3. The average molecular weight is 375 g/mol. The molecule has 134 valence electrons. The zero-order chi connectivity index (χ0) is 18.8. The minimum absolute atomic E-state index is 0.0679. The molecule has 0 aliphatic heterocycles. The Morgan fingerprint density at radius 3 is 2.52 bits per heavy atom. The van der Waals surface area contributed by atoms with Gasteiger partial charge in [0.2, 0.25) is 0 Å². The fourth-order valence-electron chi connectivity index (χ4n) is 1.98. The molecule has 0 saturated heterocycles. The second kappa shape index (κ2) is 6.67. The molecule has 0 spiro atoms. The van der Waals surface area contributed by atoms with Crippen molar-refractivity contribution in [2.24, 2.45) is 0 Å². The Morgan fingerprint density at radius 1 is 1.32 bits per heavy atom. The predicted molar refractivity (Wildman–Crippen MR) is 80.4 cm³/mol. The van der Waals surface area contributed by atoms with Gasteiger partial charge in [-0.15, -0.1) is 0 Å². The Kier molecular flexibility index (Phi) is 4.97. The number of alkyl halides is 3. The van der Waals surface area contributed by atoms with Crippen LogP contribution in [0.2, 0.25) is 0 Å². The Morgan fingerprint density at radius 2 is 2.00 bits per heavy atom. The molecule has 0 atom stereocenters. The summed E-state index contributed by atoms with van der Waals surface area (Å²) in [5.74, 6) is -1.54. The quantitative estimate of drug-likeness (QED) is 0.859. The van der Waals surface area contributed by atoms with E-state index in [1.54, 1.807) is 0 Å². The number of aromatic nitrogens is 2. The molecule has 0 fully saturated rings. The molecule has 0 radical (unpaired) electrons. The molecule has 2 rings (SSSR count). The van der Waals surface area contributed by atoms with Crippen molar-refractivity contribution >= 4 is 21.7 Å². The van der Waals surface area contributed by atoms with Gasteiger partial charge >= 0.3 is 12.1 Å². The molecule has 7 nitrogen and oxygen atoms in total. The molecule has 0 unspecified atom stereocenters. The molecule has 2 aromatic rings. The molecule has 0 bridgehead atoms. The minimum atomic E-state index is -4.76. The molecule has 0 amide bonds. The Bertz CT molecular complexity index is 886. The smallest absolute Gasteiger partial charge is 0.417 e. The first-order valence-electron chi connectivity index (χ1n) is 6.72. The number of sulfonamides is 1. The van der Waals surface area contributed by atoms with Crippen molar-refractivity contribution in [3.8, 4) is 0 Å². The average Bonchev–Trinajstić information content (AvgIpc) is 2.53. The summed E-state index contributed by atoms with van der Waals surface area (Å²) in [6.45, 7) is 0.212. The van der Waals surface area contributed by atoms with Crippen LogP contribution < -0.4 is 4.31 Å². The Hall–Kier alpha value is -2.69. The van der Waals surface area contributed by atoms with Crippen molar-refractivity contribution in [1.29, 1.82) is 0 Å². The van der Waals surface area contributed by atoms with Gasteiger partial charge in [-0.3, -0.25) is 19.1 Å². The van der Waals surface area contributed by atoms with Crippen LogP contribution in [0.1, 0.15) is 11.3 Å². The third kappa shape index (κ3) is 4.05. The van der Waals surface area contributed by atoms with Crippen LogP contribution in [0.15, 0.2) is 41.7 Å². The van der Waals surface area contributed by atoms with E-state index in [1.807, 2.05) is 0 Å². The summed E-state index contributed by atoms with van der Waals surface area (Å²) in [5.41, 5.74) is -1.73. The lowest BCUT2D eigenvalue weighted by molar-refractivity contribution is -0.137. The van der Waals surface area contributed by atoms with Crippen LogP contribution in [-0.2, 0) is 21.0 Å². The number of aliphatic carboxylic acids is 1. The van der Waals surface area contributed by atoms with Gasteiger partial charge in [-0.25, -0.2) is 8.42 Å². The van der Waals surface area contributed by atoms with E-state index in [2.05, 4.69) is 9.97 Å². The van der Waals surface area contributed by atoms with E-state index in [1.165, 1.54) is 19.2 Å². The number of pyridine rings is 2. The maximum Gasteiger partial charge on any atom is 0.417 e. The van der Waals surface area contributed by atoms with Crippen molar-refractivity contribution in [3.05, 3.63) is 48.0 Å². The molecular weight excluding hydrogens is 363 g/mol. The standard InChI is InChI=1S/C14H12F3N3O4S/c1-9-12(5-10(6-19-9)14(15,16)17)20(8-13(21)22)25(23,24)11-3-2-4-18-7-11/h2-7H,8H2,1H3,(H,21,22). The topological polar surface area (TPSA) is 100 Å². The first-order chi connectivity index (χ1) is 11.5. The fraction of sp³-hybridized carbons (Fsp3) is 0.214. The van der Waals surface area contributed by atoms with Crippen LogP contribution in [0.4, 0.5) is 18.9 Å². The molecule has 2 aromatic heterocycles. The van der Waals surface area contributed by atoms with E-state index in [0.717, 1.165) is 12.3 Å². The maximum absolute atomic E-state index is 12.9. The Labute approximate surface area is 140 Å². The summed E-state index contributed by atoms with van der Waals surface area (Å²) in [6.07, 6.45) is -1.94. The first-order valence-corrected chi connectivity index (χ1v) is 8.16. The number of carbonyl (C=O) groups is 1. The van der Waals surface area contributed by atoms with Crippen LogP contribution in [0, 0.1) is 6.92 Å². The van der Waals surface area contributed by atoms with Crippen molar-refractivity contribution in [1.82, 2.24) is 9.97 Å². The molecule has 25 heavy (non-hydrogen) atoms. The van der Waals surface area contributed by atoms with E-state index in [9.17, 15) is 26.4 Å². The molecule has 0 aromatic carbocycles. The van der Waals surface area contributed by atoms with Gasteiger partial charge in [0.05, 0.1) is 16.9 Å². The van der Waals surface area contributed by atoms with Gasteiger partial charge in [-0.05, 0) is 25.1 Å². The summed E-state index contributed by atoms with van der Waals surface area (Å²) in [4.78, 5) is 17.9. The summed E-state index contributed by atoms with van der Waals surface area (Å²) in [7, 11) is -4.45. The second-order valence-corrected chi connectivity index (χ2v) is 6.78. The lowest BCUT2D eigenvalue weighted by atomic mass is 10.2. The van der Waals surface area contributed by atoms with Crippen LogP contribution in [0.5, 0.6) is 0 Å². The molecule has 0 saturated carbocycles. The van der Waals surface area contributed by atoms with Gasteiger partial charge in [0.15, 0.2) is 0 Å². The number of rotatable bonds is 5. The van der Waals surface area contributed by atoms with E-state index >= 15 is 0 Å². The van der Waals surface area contributed by atoms with Crippen LogP contribution in [0.3, 0.4) is 0 Å². The zero-order valence-corrected chi connectivity index (χ0v) is 13.5. The third-order valence-electron chi connectivity index (χ3n) is 3.16. The molecule has 1 N–H and O–H groups in total. The summed E-state index contributed by atoms with van der Waals surface area (Å²) in [5, 5.41) is 9.01. The highest BCUT2D eigenvalue weighted by atomic mass is 32.2. The Balaban J connectivity index is 2.65. The molecule has 2 heterocycles. The highest BCUT2D eigenvalue weighted by Gasteiger charge is 2.34. The predicted octanol–water partition coefficient (Wildman–Crippen LogP) is 2.08. The largest absolute Gasteiger partial charge is 0.480 e. The maximum atomic E-state index is 12.9. The second-order valence-electron chi connectivity index (χ2n) is 4.92. The molecular formula is C14H12F3N3O4S. The van der Waals surface area contributed by atoms with Gasteiger partial charge in [0.1, 0.15) is 11.4 Å². The van der Waals surface area contributed by atoms with Crippen LogP contribution >= 0.6 is 0 Å². The molecule has 11 heteroatoms. The van der Waals surface area contributed by atoms with Crippen molar-refractivity contribution in [3.63, 3.8) is 0 Å². The number of hydrogen-bond acceptors (Lipinski definition) is 5. The SMILES string of the molecule is Cc1ncc(C(F)(F)F)cc1N(CC(=O)O)S(=O)(=O)c1cccnc1. The highest BCUT2D eigenvalue weighted by Crippen LogP contribution is 2.33. The lowest BCUT2D eigenvalue weighted by Crippen LogP contribution is -2.36. The van der Waals surface area contributed by atoms with Crippen molar-refractivity contribution < 1.29 is 31.5 Å². The van der Waals surface area contributed by atoms with Crippen molar-refractivity contribution in [2.45, 2.75) is 18.0 Å². The fourth-order valence-corrected chi connectivity index (χ4v) is 3.40. The third-order valence-corrected chi connectivity index (χ3v) is 4.90. The van der Waals surface area contributed by atoms with E-state index in [4.69, 9.17) is 5.11 Å².